The van der Waals surface area contributed by atoms with E-state index in [1.165, 1.54) is 11.1 Å². The number of hydrogen-bond acceptors (Lipinski definition) is 4. The number of aryl methyl sites for hydroxylation is 3. The SMILES string of the molecule is CCN(C)C=Nc1cc(C)c(Cc2nc(-c3ccn(C)c(=O)c3)cs2)cc1C.Cl.Cl. The number of benzene rings is 1. The molecule has 0 aliphatic rings. The Morgan fingerprint density at radius 3 is 2.60 bits per heavy atom. The molecule has 8 heteroatoms. The van der Waals surface area contributed by atoms with Gasteiger partial charge in [-0.25, -0.2) is 9.98 Å². The van der Waals surface area contributed by atoms with Gasteiger partial charge in [-0.05, 0) is 49.6 Å². The molecule has 0 aliphatic carbocycles. The van der Waals surface area contributed by atoms with Gasteiger partial charge in [0, 0.05) is 50.3 Å². The Hall–Kier alpha value is -2.15. The van der Waals surface area contributed by atoms with Gasteiger partial charge in [-0.2, -0.15) is 0 Å². The van der Waals surface area contributed by atoms with E-state index in [1.54, 1.807) is 35.2 Å². The van der Waals surface area contributed by atoms with Gasteiger partial charge in [-0.15, -0.1) is 36.2 Å². The van der Waals surface area contributed by atoms with Crippen molar-refractivity contribution in [2.75, 3.05) is 13.6 Å². The van der Waals surface area contributed by atoms with Crippen LogP contribution >= 0.6 is 36.2 Å². The molecule has 2 heterocycles. The summed E-state index contributed by atoms with van der Waals surface area (Å²) >= 11 is 1.63. The fraction of sp³-hybridized carbons (Fsp3) is 0.318. The second-order valence-corrected chi connectivity index (χ2v) is 7.99. The van der Waals surface area contributed by atoms with Crippen molar-refractivity contribution in [1.29, 1.82) is 0 Å². The van der Waals surface area contributed by atoms with Crippen LogP contribution in [0.2, 0.25) is 0 Å². The van der Waals surface area contributed by atoms with Crippen molar-refractivity contribution in [3.63, 3.8) is 0 Å². The molecule has 0 N–H and O–H groups in total. The average Bonchev–Trinajstić information content (AvgIpc) is 3.13. The van der Waals surface area contributed by atoms with E-state index in [-0.39, 0.29) is 30.4 Å². The molecule has 0 spiro atoms. The van der Waals surface area contributed by atoms with E-state index in [0.29, 0.717) is 0 Å². The minimum atomic E-state index is -0.0246. The molecule has 0 fully saturated rings. The zero-order valence-electron chi connectivity index (χ0n) is 17.9. The van der Waals surface area contributed by atoms with Gasteiger partial charge < -0.3 is 9.47 Å². The Kier molecular flexibility index (Phi) is 9.75. The maximum atomic E-state index is 11.9. The summed E-state index contributed by atoms with van der Waals surface area (Å²) in [6, 6.07) is 7.90. The summed E-state index contributed by atoms with van der Waals surface area (Å²) in [5.74, 6) is 0. The number of halogens is 2. The first-order valence-corrected chi connectivity index (χ1v) is 10.2. The predicted octanol–water partition coefficient (Wildman–Crippen LogP) is 5.17. The molecule has 162 valence electrons. The van der Waals surface area contributed by atoms with E-state index in [4.69, 9.17) is 4.98 Å². The molecule has 0 saturated carbocycles. The summed E-state index contributed by atoms with van der Waals surface area (Å²) in [4.78, 5) is 23.3. The van der Waals surface area contributed by atoms with Gasteiger partial charge in [-0.1, -0.05) is 6.07 Å². The maximum absolute atomic E-state index is 11.9. The van der Waals surface area contributed by atoms with Crippen LogP contribution < -0.4 is 5.56 Å². The molecule has 0 radical (unpaired) electrons. The smallest absolute Gasteiger partial charge is 0.250 e. The van der Waals surface area contributed by atoms with Crippen LogP contribution in [0.4, 0.5) is 5.69 Å². The lowest BCUT2D eigenvalue weighted by Crippen LogP contribution is -2.14. The summed E-state index contributed by atoms with van der Waals surface area (Å²) in [7, 11) is 3.76. The number of rotatable bonds is 6. The van der Waals surface area contributed by atoms with Gasteiger partial charge in [0.1, 0.15) is 0 Å². The van der Waals surface area contributed by atoms with Crippen molar-refractivity contribution in [3.8, 4) is 11.3 Å². The first-order valence-electron chi connectivity index (χ1n) is 9.33. The first kappa shape index (κ1) is 25.9. The van der Waals surface area contributed by atoms with Crippen LogP contribution in [0.5, 0.6) is 0 Å². The van der Waals surface area contributed by atoms with Crippen molar-refractivity contribution < 1.29 is 0 Å². The third-order valence-electron chi connectivity index (χ3n) is 4.84. The van der Waals surface area contributed by atoms with Crippen LogP contribution in [-0.4, -0.2) is 34.4 Å². The molecule has 0 saturated heterocycles. The normalized spacial score (nSPS) is 10.6. The highest BCUT2D eigenvalue weighted by Gasteiger charge is 2.10. The molecule has 0 atom stereocenters. The molecule has 0 unspecified atom stereocenters. The monoisotopic (exact) mass is 466 g/mol. The van der Waals surface area contributed by atoms with Crippen molar-refractivity contribution in [3.05, 3.63) is 67.9 Å². The van der Waals surface area contributed by atoms with Crippen LogP contribution in [0.3, 0.4) is 0 Å². The van der Waals surface area contributed by atoms with Crippen LogP contribution in [0.1, 0.15) is 28.6 Å². The van der Waals surface area contributed by atoms with E-state index in [9.17, 15) is 4.79 Å². The Bertz CT molecular complexity index is 1080. The fourth-order valence-corrected chi connectivity index (χ4v) is 3.65. The topological polar surface area (TPSA) is 50.5 Å². The van der Waals surface area contributed by atoms with Crippen LogP contribution in [0, 0.1) is 13.8 Å². The Labute approximate surface area is 194 Å². The summed E-state index contributed by atoms with van der Waals surface area (Å²) in [5.41, 5.74) is 6.32. The van der Waals surface area contributed by atoms with Gasteiger partial charge in [0.05, 0.1) is 22.7 Å². The molecule has 3 aromatic rings. The zero-order chi connectivity index (χ0) is 20.3. The minimum absolute atomic E-state index is 0. The Morgan fingerprint density at radius 2 is 1.93 bits per heavy atom. The molecule has 3 rings (SSSR count). The third-order valence-corrected chi connectivity index (χ3v) is 5.69. The van der Waals surface area contributed by atoms with E-state index < -0.39 is 0 Å². The van der Waals surface area contributed by atoms with Crippen molar-refractivity contribution >= 4 is 48.2 Å². The summed E-state index contributed by atoms with van der Waals surface area (Å²) < 4.78 is 1.56. The van der Waals surface area contributed by atoms with Crippen molar-refractivity contribution in [1.82, 2.24) is 14.5 Å². The van der Waals surface area contributed by atoms with Gasteiger partial charge in [0.25, 0.3) is 5.56 Å². The molecule has 5 nitrogen and oxygen atoms in total. The molecule has 0 amide bonds. The van der Waals surface area contributed by atoms with E-state index in [1.807, 2.05) is 24.8 Å². The highest BCUT2D eigenvalue weighted by molar-refractivity contribution is 7.10. The molecule has 0 bridgehead atoms. The van der Waals surface area contributed by atoms with Gasteiger partial charge in [0.15, 0.2) is 0 Å². The third kappa shape index (κ3) is 6.17. The summed E-state index contributed by atoms with van der Waals surface area (Å²) in [6.07, 6.45) is 4.43. The van der Waals surface area contributed by atoms with Crippen molar-refractivity contribution in [2.45, 2.75) is 27.2 Å². The van der Waals surface area contributed by atoms with Gasteiger partial charge in [-0.3, -0.25) is 4.79 Å². The van der Waals surface area contributed by atoms with E-state index in [2.05, 4.69) is 42.8 Å². The lowest BCUT2D eigenvalue weighted by Gasteiger charge is -2.11. The fourth-order valence-electron chi connectivity index (χ4n) is 2.83. The summed E-state index contributed by atoms with van der Waals surface area (Å²) in [6.45, 7) is 7.24. The lowest BCUT2D eigenvalue weighted by atomic mass is 10.0. The highest BCUT2D eigenvalue weighted by atomic mass is 35.5. The molecule has 30 heavy (non-hydrogen) atoms. The number of aromatic nitrogens is 2. The predicted molar refractivity (Wildman–Crippen MR) is 132 cm³/mol. The molecule has 0 aliphatic heterocycles. The van der Waals surface area contributed by atoms with Crippen molar-refractivity contribution in [2.24, 2.45) is 12.0 Å². The summed E-state index contributed by atoms with van der Waals surface area (Å²) in [5, 5.41) is 3.06. The van der Waals surface area contributed by atoms with Gasteiger partial charge >= 0.3 is 0 Å². The number of nitrogens with zero attached hydrogens (tertiary/aromatic N) is 4. The quantitative estimate of drug-likeness (QED) is 0.371. The molecule has 1 aromatic carbocycles. The molecular formula is C22H28Cl2N4OS. The van der Waals surface area contributed by atoms with E-state index >= 15 is 0 Å². The van der Waals surface area contributed by atoms with E-state index in [0.717, 1.165) is 40.5 Å². The highest BCUT2D eigenvalue weighted by Crippen LogP contribution is 2.27. The molecular weight excluding hydrogens is 439 g/mol. The zero-order valence-corrected chi connectivity index (χ0v) is 20.3. The number of thiazole rings is 1. The maximum Gasteiger partial charge on any atom is 0.250 e. The van der Waals surface area contributed by atoms with Gasteiger partial charge in [0.2, 0.25) is 0 Å². The first-order chi connectivity index (χ1) is 13.4. The Morgan fingerprint density at radius 1 is 1.20 bits per heavy atom. The second-order valence-electron chi connectivity index (χ2n) is 7.05. The standard InChI is InChI=1S/C22H26N4OS.2ClH/c1-6-25(4)14-23-19-10-15(2)18(9-16(19)3)11-21-24-20(13-28-21)17-7-8-26(5)22(27)12-17;;/h7-10,12-14H,6,11H2,1-5H3;2*1H. The lowest BCUT2D eigenvalue weighted by molar-refractivity contribution is 0.552. The van der Waals surface area contributed by atoms with Crippen LogP contribution in [-0.2, 0) is 13.5 Å². The largest absolute Gasteiger partial charge is 0.366 e. The number of pyridine rings is 1. The minimum Gasteiger partial charge on any atom is -0.366 e. The molecule has 2 aromatic heterocycles. The average molecular weight is 467 g/mol. The van der Waals surface area contributed by atoms with Crippen LogP contribution in [0.25, 0.3) is 11.3 Å². The van der Waals surface area contributed by atoms with Crippen LogP contribution in [0.15, 0.2) is 45.6 Å². The number of aliphatic imine (C=N–C) groups is 1. The number of hydrogen-bond donors (Lipinski definition) is 0. The Balaban J connectivity index is 0.00000225. The second kappa shape index (κ2) is 11.3.